The maximum atomic E-state index is 13.0. The van der Waals surface area contributed by atoms with E-state index in [0.29, 0.717) is 27.2 Å². The lowest BCUT2D eigenvalue weighted by Crippen LogP contribution is -2.32. The molecule has 0 bridgehead atoms. The van der Waals surface area contributed by atoms with E-state index in [1.807, 2.05) is 48.5 Å². The van der Waals surface area contributed by atoms with Crippen molar-refractivity contribution in [2.45, 2.75) is 12.7 Å². The summed E-state index contributed by atoms with van der Waals surface area (Å²) in [6, 6.07) is 20.3. The minimum Gasteiger partial charge on any atom is -0.361 e. The molecule has 3 nitrogen and oxygen atoms in total. The molecule has 1 aliphatic heterocycles. The number of hydrogen-bond donors (Lipinski definition) is 1. The number of amides is 1. The van der Waals surface area contributed by atoms with Crippen molar-refractivity contribution in [1.29, 1.82) is 0 Å². The largest absolute Gasteiger partial charge is 0.361 e. The summed E-state index contributed by atoms with van der Waals surface area (Å²) in [6.07, 6.45) is -0.348. The molecular formula is C21H15Cl3N2O. The molecule has 1 unspecified atom stereocenters. The van der Waals surface area contributed by atoms with Gasteiger partial charge in [0, 0.05) is 38.4 Å². The summed E-state index contributed by atoms with van der Waals surface area (Å²) in [5, 5.41) is 5.08. The van der Waals surface area contributed by atoms with E-state index < -0.39 is 0 Å². The molecule has 0 radical (unpaired) electrons. The lowest BCUT2D eigenvalue weighted by Gasteiger charge is -2.27. The molecule has 136 valence electrons. The summed E-state index contributed by atoms with van der Waals surface area (Å²) < 4.78 is 0. The van der Waals surface area contributed by atoms with Gasteiger partial charge in [0.25, 0.3) is 5.91 Å². The van der Waals surface area contributed by atoms with Crippen LogP contribution in [0.5, 0.6) is 0 Å². The minimum atomic E-state index is -0.348. The van der Waals surface area contributed by atoms with Gasteiger partial charge in [-0.05, 0) is 35.9 Å². The predicted molar refractivity (Wildman–Crippen MR) is 111 cm³/mol. The van der Waals surface area contributed by atoms with Gasteiger partial charge in [-0.2, -0.15) is 0 Å². The molecule has 1 amide bonds. The third-order valence-electron chi connectivity index (χ3n) is 4.52. The van der Waals surface area contributed by atoms with Crippen LogP contribution in [0.1, 0.15) is 27.7 Å². The number of nitrogens with one attached hydrogen (secondary N) is 1. The molecule has 3 aromatic carbocycles. The van der Waals surface area contributed by atoms with Gasteiger partial charge in [-0.1, -0.05) is 71.2 Å². The van der Waals surface area contributed by atoms with Crippen LogP contribution in [0.15, 0.2) is 66.7 Å². The second kappa shape index (κ2) is 7.43. The summed E-state index contributed by atoms with van der Waals surface area (Å²) >= 11 is 18.6. The molecule has 1 atom stereocenters. The summed E-state index contributed by atoms with van der Waals surface area (Å²) in [6.45, 7) is 0.388. The van der Waals surface area contributed by atoms with Crippen molar-refractivity contribution in [2.75, 3.05) is 5.32 Å². The van der Waals surface area contributed by atoms with Crippen molar-refractivity contribution in [3.05, 3.63) is 98.5 Å². The maximum Gasteiger partial charge on any atom is 0.256 e. The fraction of sp³-hybridized carbons (Fsp3) is 0.0952. The van der Waals surface area contributed by atoms with Crippen LogP contribution in [-0.4, -0.2) is 10.8 Å². The smallest absolute Gasteiger partial charge is 0.256 e. The van der Waals surface area contributed by atoms with Crippen molar-refractivity contribution in [3.63, 3.8) is 0 Å². The number of hydrogen-bond acceptors (Lipinski definition) is 2. The van der Waals surface area contributed by atoms with Crippen molar-refractivity contribution in [1.82, 2.24) is 4.90 Å². The molecule has 1 N–H and O–H groups in total. The molecular weight excluding hydrogens is 403 g/mol. The van der Waals surface area contributed by atoms with Crippen LogP contribution in [0.4, 0.5) is 5.69 Å². The third-order valence-corrected chi connectivity index (χ3v) is 5.33. The van der Waals surface area contributed by atoms with Gasteiger partial charge in [-0.15, -0.1) is 0 Å². The van der Waals surface area contributed by atoms with Crippen LogP contribution in [0.2, 0.25) is 15.1 Å². The maximum absolute atomic E-state index is 13.0. The SMILES string of the molecule is O=C1c2ccccc2C(Nc2cc(Cl)cc(Cl)c2)N1Cc1ccccc1Cl. The third kappa shape index (κ3) is 3.63. The van der Waals surface area contributed by atoms with E-state index in [1.54, 1.807) is 23.1 Å². The Morgan fingerprint density at radius 3 is 2.30 bits per heavy atom. The molecule has 27 heavy (non-hydrogen) atoms. The van der Waals surface area contributed by atoms with Gasteiger partial charge in [0.05, 0.1) is 0 Å². The number of halogens is 3. The average Bonchev–Trinajstić information content (AvgIpc) is 2.89. The van der Waals surface area contributed by atoms with Gasteiger partial charge in [-0.3, -0.25) is 4.79 Å². The Morgan fingerprint density at radius 1 is 0.889 bits per heavy atom. The highest BCUT2D eigenvalue weighted by molar-refractivity contribution is 6.35. The van der Waals surface area contributed by atoms with Gasteiger partial charge in [-0.25, -0.2) is 0 Å². The van der Waals surface area contributed by atoms with Crippen molar-refractivity contribution in [3.8, 4) is 0 Å². The zero-order chi connectivity index (χ0) is 19.0. The van der Waals surface area contributed by atoms with E-state index >= 15 is 0 Å². The lowest BCUT2D eigenvalue weighted by molar-refractivity contribution is 0.0729. The van der Waals surface area contributed by atoms with Crippen molar-refractivity contribution < 1.29 is 4.79 Å². The fourth-order valence-corrected chi connectivity index (χ4v) is 4.02. The summed E-state index contributed by atoms with van der Waals surface area (Å²) in [5.41, 5.74) is 3.21. The Labute approximate surface area is 172 Å². The normalized spacial score (nSPS) is 15.7. The van der Waals surface area contributed by atoms with E-state index in [-0.39, 0.29) is 12.1 Å². The van der Waals surface area contributed by atoms with E-state index in [0.717, 1.165) is 16.8 Å². The van der Waals surface area contributed by atoms with Crippen LogP contribution in [0, 0.1) is 0 Å². The van der Waals surface area contributed by atoms with Gasteiger partial charge in [0.2, 0.25) is 0 Å². The number of rotatable bonds is 4. The first-order chi connectivity index (χ1) is 13.0. The molecule has 0 saturated heterocycles. The van der Waals surface area contributed by atoms with Crippen LogP contribution in [0.3, 0.4) is 0 Å². The molecule has 0 saturated carbocycles. The first-order valence-corrected chi connectivity index (χ1v) is 9.52. The summed E-state index contributed by atoms with van der Waals surface area (Å²) in [7, 11) is 0. The second-order valence-corrected chi connectivity index (χ2v) is 7.60. The van der Waals surface area contributed by atoms with Crippen LogP contribution < -0.4 is 5.32 Å². The molecule has 1 aliphatic rings. The Hall–Kier alpha value is -2.20. The van der Waals surface area contributed by atoms with Gasteiger partial charge in [0.1, 0.15) is 6.17 Å². The predicted octanol–water partition coefficient (Wildman–Crippen LogP) is 6.41. The molecule has 3 aromatic rings. The number of benzene rings is 3. The first kappa shape index (κ1) is 18.2. The molecule has 6 heteroatoms. The van der Waals surface area contributed by atoms with E-state index in [9.17, 15) is 4.79 Å². The monoisotopic (exact) mass is 416 g/mol. The Morgan fingerprint density at radius 2 is 1.56 bits per heavy atom. The fourth-order valence-electron chi connectivity index (χ4n) is 3.29. The number of carbonyl (C=O) groups excluding carboxylic acids is 1. The Bertz CT molecular complexity index is 1000. The Kier molecular flexibility index (Phi) is 5.00. The number of nitrogens with zero attached hydrogens (tertiary/aromatic N) is 1. The van der Waals surface area contributed by atoms with E-state index in [1.165, 1.54) is 0 Å². The quantitative estimate of drug-likeness (QED) is 0.531. The zero-order valence-corrected chi connectivity index (χ0v) is 16.4. The van der Waals surface area contributed by atoms with Gasteiger partial charge >= 0.3 is 0 Å². The lowest BCUT2D eigenvalue weighted by atomic mass is 10.1. The van der Waals surface area contributed by atoms with Crippen LogP contribution in [0.25, 0.3) is 0 Å². The molecule has 0 fully saturated rings. The Balaban J connectivity index is 1.72. The van der Waals surface area contributed by atoms with Gasteiger partial charge in [0.15, 0.2) is 0 Å². The highest BCUT2D eigenvalue weighted by Crippen LogP contribution is 2.37. The standard InChI is InChI=1S/C21H15Cl3N2O/c22-14-9-15(23)11-16(10-14)25-20-17-6-2-3-7-18(17)21(27)26(20)12-13-5-1-4-8-19(13)24/h1-11,20,25H,12H2. The topological polar surface area (TPSA) is 32.3 Å². The molecule has 1 heterocycles. The highest BCUT2D eigenvalue weighted by atomic mass is 35.5. The number of anilines is 1. The van der Waals surface area contributed by atoms with Crippen LogP contribution >= 0.6 is 34.8 Å². The first-order valence-electron chi connectivity index (χ1n) is 8.39. The molecule has 0 spiro atoms. The molecule has 0 aliphatic carbocycles. The minimum absolute atomic E-state index is 0.0452. The molecule has 0 aromatic heterocycles. The summed E-state index contributed by atoms with van der Waals surface area (Å²) in [5.74, 6) is -0.0452. The molecule has 4 rings (SSSR count). The van der Waals surface area contributed by atoms with E-state index in [4.69, 9.17) is 34.8 Å². The number of carbonyl (C=O) groups is 1. The van der Waals surface area contributed by atoms with Crippen molar-refractivity contribution in [2.24, 2.45) is 0 Å². The number of fused-ring (bicyclic) bond motifs is 1. The summed E-state index contributed by atoms with van der Waals surface area (Å²) in [4.78, 5) is 14.8. The highest BCUT2D eigenvalue weighted by Gasteiger charge is 2.36. The zero-order valence-electron chi connectivity index (χ0n) is 14.1. The van der Waals surface area contributed by atoms with Crippen molar-refractivity contribution >= 4 is 46.4 Å². The average molecular weight is 418 g/mol. The second-order valence-electron chi connectivity index (χ2n) is 6.32. The van der Waals surface area contributed by atoms with Gasteiger partial charge < -0.3 is 10.2 Å². The van der Waals surface area contributed by atoms with Crippen LogP contribution in [-0.2, 0) is 6.54 Å². The van der Waals surface area contributed by atoms with E-state index in [2.05, 4.69) is 5.32 Å².